The first-order valence-corrected chi connectivity index (χ1v) is 9.16. The van der Waals surface area contributed by atoms with Crippen LogP contribution in [0, 0.1) is 5.92 Å². The van der Waals surface area contributed by atoms with Gasteiger partial charge in [0.15, 0.2) is 5.16 Å². The monoisotopic (exact) mass is 339 g/mol. The average molecular weight is 339 g/mol. The molecule has 3 aromatic rings. The Bertz CT molecular complexity index is 875. The van der Waals surface area contributed by atoms with E-state index in [9.17, 15) is 4.79 Å². The fraction of sp³-hybridized carbons (Fsp3) is 0.316. The second-order valence-electron chi connectivity index (χ2n) is 6.16. The van der Waals surface area contributed by atoms with Crippen molar-refractivity contribution < 1.29 is 0 Å². The maximum absolute atomic E-state index is 12.9. The molecule has 4 nitrogen and oxygen atoms in total. The van der Waals surface area contributed by atoms with Crippen LogP contribution in [0.2, 0.25) is 0 Å². The molecule has 0 amide bonds. The molecular formula is C19H21N3OS. The highest BCUT2D eigenvalue weighted by atomic mass is 32.2. The normalized spacial score (nSPS) is 11.3. The summed E-state index contributed by atoms with van der Waals surface area (Å²) in [6, 6.07) is 13.4. The van der Waals surface area contributed by atoms with Crippen LogP contribution in [0.15, 0.2) is 58.6 Å². The molecule has 5 heteroatoms. The lowest BCUT2D eigenvalue weighted by molar-refractivity contribution is 0.481. The number of benzene rings is 1. The molecule has 1 aromatic carbocycles. The largest absolute Gasteiger partial charge is 0.287 e. The van der Waals surface area contributed by atoms with E-state index in [1.807, 2.05) is 47.0 Å². The Morgan fingerprint density at radius 3 is 2.67 bits per heavy atom. The highest BCUT2D eigenvalue weighted by molar-refractivity contribution is 7.98. The lowest BCUT2D eigenvalue weighted by Gasteiger charge is -2.14. The zero-order valence-electron chi connectivity index (χ0n) is 14.0. The van der Waals surface area contributed by atoms with Crippen molar-refractivity contribution in [1.82, 2.24) is 14.5 Å². The maximum Gasteiger partial charge on any atom is 0.262 e. The molecule has 0 radical (unpaired) electrons. The van der Waals surface area contributed by atoms with Gasteiger partial charge in [-0.25, -0.2) is 4.98 Å². The standard InChI is InChI=1S/C19H21N3OS/c1-14(2)10-12-22-18(23)16-8-3-4-9-17(16)21-19(22)24-13-15-7-5-6-11-20-15/h3-9,11,14H,10,12-13H2,1-2H3. The molecule has 0 aliphatic rings. The van der Waals surface area contributed by atoms with E-state index in [-0.39, 0.29) is 5.56 Å². The van der Waals surface area contributed by atoms with Gasteiger partial charge in [-0.2, -0.15) is 0 Å². The smallest absolute Gasteiger partial charge is 0.262 e. The van der Waals surface area contributed by atoms with E-state index in [0.29, 0.717) is 23.6 Å². The lowest BCUT2D eigenvalue weighted by Crippen LogP contribution is -2.24. The Labute approximate surface area is 146 Å². The van der Waals surface area contributed by atoms with Crippen LogP contribution < -0.4 is 5.56 Å². The third kappa shape index (κ3) is 3.85. The first-order chi connectivity index (χ1) is 11.6. The van der Waals surface area contributed by atoms with Crippen LogP contribution in [0.1, 0.15) is 26.0 Å². The molecule has 3 rings (SSSR count). The van der Waals surface area contributed by atoms with Gasteiger partial charge >= 0.3 is 0 Å². The van der Waals surface area contributed by atoms with Crippen LogP contribution in [0.25, 0.3) is 10.9 Å². The van der Waals surface area contributed by atoms with Crippen molar-refractivity contribution in [2.45, 2.75) is 37.7 Å². The van der Waals surface area contributed by atoms with Crippen LogP contribution in [-0.4, -0.2) is 14.5 Å². The number of fused-ring (bicyclic) bond motifs is 1. The van der Waals surface area contributed by atoms with Gasteiger partial charge in [-0.05, 0) is 36.6 Å². The summed E-state index contributed by atoms with van der Waals surface area (Å²) in [5.41, 5.74) is 1.79. The van der Waals surface area contributed by atoms with Gasteiger partial charge in [0, 0.05) is 18.5 Å². The predicted octanol–water partition coefficient (Wildman–Crippen LogP) is 4.13. The van der Waals surface area contributed by atoms with Gasteiger partial charge in [0.2, 0.25) is 0 Å². The molecule has 0 N–H and O–H groups in total. The Balaban J connectivity index is 1.97. The first-order valence-electron chi connectivity index (χ1n) is 8.17. The quantitative estimate of drug-likeness (QED) is 0.500. The van der Waals surface area contributed by atoms with Gasteiger partial charge in [0.25, 0.3) is 5.56 Å². The Morgan fingerprint density at radius 1 is 1.12 bits per heavy atom. The molecule has 0 bridgehead atoms. The lowest BCUT2D eigenvalue weighted by atomic mass is 10.1. The summed E-state index contributed by atoms with van der Waals surface area (Å²) in [6.45, 7) is 5.03. The minimum atomic E-state index is 0.0461. The third-order valence-corrected chi connectivity index (χ3v) is 4.84. The summed E-state index contributed by atoms with van der Waals surface area (Å²) in [5.74, 6) is 1.24. The van der Waals surface area contributed by atoms with Gasteiger partial charge < -0.3 is 0 Å². The molecule has 124 valence electrons. The molecule has 0 aliphatic heterocycles. The summed E-state index contributed by atoms with van der Waals surface area (Å²) in [5, 5.41) is 1.45. The number of nitrogens with zero attached hydrogens (tertiary/aromatic N) is 3. The van der Waals surface area contributed by atoms with E-state index in [4.69, 9.17) is 4.98 Å². The summed E-state index contributed by atoms with van der Waals surface area (Å²) in [7, 11) is 0. The zero-order chi connectivity index (χ0) is 16.9. The van der Waals surface area contributed by atoms with Crippen molar-refractivity contribution in [3.8, 4) is 0 Å². The Kier molecular flexibility index (Phi) is 5.30. The van der Waals surface area contributed by atoms with Crippen LogP contribution in [0.4, 0.5) is 0 Å². The van der Waals surface area contributed by atoms with Crippen LogP contribution >= 0.6 is 11.8 Å². The Hall–Kier alpha value is -2.14. The summed E-state index contributed by atoms with van der Waals surface area (Å²) in [4.78, 5) is 21.9. The van der Waals surface area contributed by atoms with Gasteiger partial charge in [-0.3, -0.25) is 14.3 Å². The van der Waals surface area contributed by atoms with Gasteiger partial charge in [0.1, 0.15) is 0 Å². The number of thioether (sulfide) groups is 1. The Morgan fingerprint density at radius 2 is 1.92 bits per heavy atom. The molecule has 0 aliphatic carbocycles. The number of hydrogen-bond acceptors (Lipinski definition) is 4. The SMILES string of the molecule is CC(C)CCn1c(SCc2ccccn2)nc2ccccc2c1=O. The number of hydrogen-bond donors (Lipinski definition) is 0. The van der Waals surface area contributed by atoms with Crippen LogP contribution in [-0.2, 0) is 12.3 Å². The van der Waals surface area contributed by atoms with E-state index < -0.39 is 0 Å². The van der Waals surface area contributed by atoms with Crippen molar-refractivity contribution in [2.75, 3.05) is 0 Å². The topological polar surface area (TPSA) is 47.8 Å². The van der Waals surface area contributed by atoms with Crippen LogP contribution in [0.3, 0.4) is 0 Å². The molecule has 2 aromatic heterocycles. The highest BCUT2D eigenvalue weighted by Crippen LogP contribution is 2.22. The van der Waals surface area contributed by atoms with E-state index >= 15 is 0 Å². The highest BCUT2D eigenvalue weighted by Gasteiger charge is 2.12. The zero-order valence-corrected chi connectivity index (χ0v) is 14.8. The molecule has 0 unspecified atom stereocenters. The minimum absolute atomic E-state index is 0.0461. The van der Waals surface area contributed by atoms with Crippen molar-refractivity contribution in [3.05, 3.63) is 64.7 Å². The second kappa shape index (κ2) is 7.62. The summed E-state index contributed by atoms with van der Waals surface area (Å²) in [6.07, 6.45) is 2.74. The maximum atomic E-state index is 12.9. The van der Waals surface area contributed by atoms with Gasteiger partial charge in [-0.15, -0.1) is 0 Å². The molecule has 2 heterocycles. The molecule has 0 spiro atoms. The average Bonchev–Trinajstić information content (AvgIpc) is 2.60. The predicted molar refractivity (Wildman–Crippen MR) is 99.3 cm³/mol. The van der Waals surface area contributed by atoms with Crippen molar-refractivity contribution >= 4 is 22.7 Å². The molecule has 0 saturated heterocycles. The van der Waals surface area contributed by atoms with E-state index in [1.54, 1.807) is 18.0 Å². The minimum Gasteiger partial charge on any atom is -0.287 e. The second-order valence-corrected chi connectivity index (χ2v) is 7.10. The van der Waals surface area contributed by atoms with Crippen LogP contribution in [0.5, 0.6) is 0 Å². The van der Waals surface area contributed by atoms with Crippen molar-refractivity contribution in [1.29, 1.82) is 0 Å². The van der Waals surface area contributed by atoms with Crippen molar-refractivity contribution in [3.63, 3.8) is 0 Å². The number of aromatic nitrogens is 3. The fourth-order valence-corrected chi connectivity index (χ4v) is 3.40. The summed E-state index contributed by atoms with van der Waals surface area (Å²) < 4.78 is 1.82. The number of para-hydroxylation sites is 1. The van der Waals surface area contributed by atoms with E-state index in [2.05, 4.69) is 18.8 Å². The first kappa shape index (κ1) is 16.7. The van der Waals surface area contributed by atoms with Gasteiger partial charge in [-0.1, -0.05) is 43.8 Å². The molecule has 0 atom stereocenters. The molecular weight excluding hydrogens is 318 g/mol. The molecule has 0 saturated carbocycles. The van der Waals surface area contributed by atoms with E-state index in [0.717, 1.165) is 22.8 Å². The van der Waals surface area contributed by atoms with E-state index in [1.165, 1.54) is 0 Å². The fourth-order valence-electron chi connectivity index (χ4n) is 2.46. The third-order valence-electron chi connectivity index (χ3n) is 3.83. The number of pyridine rings is 1. The van der Waals surface area contributed by atoms with Crippen molar-refractivity contribution in [2.24, 2.45) is 5.92 Å². The number of rotatable bonds is 6. The molecule has 0 fully saturated rings. The van der Waals surface area contributed by atoms with Gasteiger partial charge in [0.05, 0.1) is 16.6 Å². The summed E-state index contributed by atoms with van der Waals surface area (Å²) >= 11 is 1.57. The molecule has 24 heavy (non-hydrogen) atoms.